The van der Waals surface area contributed by atoms with E-state index in [1.165, 1.54) is 39.0 Å². The molecule has 0 heteroatoms. The largest absolute Gasteiger partial charge is 0.0626 e. The average Bonchev–Trinajstić information content (AvgIpc) is 3.07. The second-order valence-corrected chi connectivity index (χ2v) is 6.84. The molecule has 1 aliphatic rings. The molecule has 1 aliphatic carbocycles. The Morgan fingerprint density at radius 1 is 0.667 bits per heavy atom. The minimum Gasteiger partial charge on any atom is -0.0626 e. The van der Waals surface area contributed by atoms with Crippen molar-refractivity contribution in [3.8, 4) is 22.3 Å². The van der Waals surface area contributed by atoms with Gasteiger partial charge in [-0.1, -0.05) is 98.3 Å². The summed E-state index contributed by atoms with van der Waals surface area (Å²) in [5, 5.41) is 0. The zero-order valence-corrected chi connectivity index (χ0v) is 14.3. The van der Waals surface area contributed by atoms with Gasteiger partial charge in [0.05, 0.1) is 0 Å². The molecule has 0 aliphatic heterocycles. The van der Waals surface area contributed by atoms with Gasteiger partial charge in [-0.3, -0.25) is 0 Å². The SMILES string of the molecule is CC(C)C1=Cc2c(cccc2-c2ccccc2-c2ccccc2)C1. The molecular weight excluding hydrogens is 288 g/mol. The number of fused-ring (bicyclic) bond motifs is 1. The van der Waals surface area contributed by atoms with E-state index in [1.807, 2.05) is 0 Å². The molecule has 0 spiro atoms. The van der Waals surface area contributed by atoms with Crippen LogP contribution in [0.25, 0.3) is 28.3 Å². The van der Waals surface area contributed by atoms with Crippen molar-refractivity contribution in [3.63, 3.8) is 0 Å². The van der Waals surface area contributed by atoms with Crippen LogP contribution in [0.4, 0.5) is 0 Å². The van der Waals surface area contributed by atoms with Crippen molar-refractivity contribution in [2.75, 3.05) is 0 Å². The molecule has 0 fully saturated rings. The van der Waals surface area contributed by atoms with Crippen molar-refractivity contribution in [1.82, 2.24) is 0 Å². The second-order valence-electron chi connectivity index (χ2n) is 6.84. The summed E-state index contributed by atoms with van der Waals surface area (Å²) >= 11 is 0. The van der Waals surface area contributed by atoms with Crippen LogP contribution in [0.2, 0.25) is 0 Å². The molecule has 0 unspecified atom stereocenters. The fourth-order valence-electron chi connectivity index (χ4n) is 3.59. The van der Waals surface area contributed by atoms with Gasteiger partial charge in [-0.2, -0.15) is 0 Å². The molecule has 3 aromatic carbocycles. The number of hydrogen-bond donors (Lipinski definition) is 0. The van der Waals surface area contributed by atoms with Crippen molar-refractivity contribution in [3.05, 3.63) is 89.5 Å². The molecule has 118 valence electrons. The normalized spacial score (nSPS) is 13.0. The molecule has 3 aromatic rings. The molecule has 0 radical (unpaired) electrons. The number of allylic oxidation sites excluding steroid dienone is 1. The van der Waals surface area contributed by atoms with Gasteiger partial charge in [-0.05, 0) is 45.7 Å². The first-order valence-corrected chi connectivity index (χ1v) is 8.71. The summed E-state index contributed by atoms with van der Waals surface area (Å²) in [7, 11) is 0. The van der Waals surface area contributed by atoms with Crippen LogP contribution in [0.15, 0.2) is 78.4 Å². The Kier molecular flexibility index (Phi) is 3.82. The molecule has 0 bridgehead atoms. The quantitative estimate of drug-likeness (QED) is 0.510. The van der Waals surface area contributed by atoms with E-state index in [-0.39, 0.29) is 0 Å². The number of rotatable bonds is 3. The topological polar surface area (TPSA) is 0 Å². The van der Waals surface area contributed by atoms with Gasteiger partial charge >= 0.3 is 0 Å². The minimum absolute atomic E-state index is 0.606. The lowest BCUT2D eigenvalue weighted by Gasteiger charge is -2.13. The summed E-state index contributed by atoms with van der Waals surface area (Å²) in [6.45, 7) is 4.57. The zero-order chi connectivity index (χ0) is 16.5. The van der Waals surface area contributed by atoms with Crippen molar-refractivity contribution in [2.24, 2.45) is 5.92 Å². The summed E-state index contributed by atoms with van der Waals surface area (Å²) in [5.74, 6) is 0.606. The Morgan fingerprint density at radius 3 is 2.08 bits per heavy atom. The summed E-state index contributed by atoms with van der Waals surface area (Å²) in [4.78, 5) is 0. The van der Waals surface area contributed by atoms with Gasteiger partial charge in [0, 0.05) is 0 Å². The van der Waals surface area contributed by atoms with Crippen molar-refractivity contribution < 1.29 is 0 Å². The van der Waals surface area contributed by atoms with Gasteiger partial charge in [-0.25, -0.2) is 0 Å². The Hall–Kier alpha value is -2.60. The molecule has 4 rings (SSSR count). The van der Waals surface area contributed by atoms with E-state index in [0.717, 1.165) is 6.42 Å². The molecule has 0 atom stereocenters. The van der Waals surface area contributed by atoms with Crippen molar-refractivity contribution in [1.29, 1.82) is 0 Å². The highest BCUT2D eigenvalue weighted by molar-refractivity contribution is 5.89. The van der Waals surface area contributed by atoms with Crippen LogP contribution in [0.3, 0.4) is 0 Å². The first-order valence-electron chi connectivity index (χ1n) is 8.71. The van der Waals surface area contributed by atoms with Crippen LogP contribution in [0.5, 0.6) is 0 Å². The van der Waals surface area contributed by atoms with Crippen LogP contribution in [-0.4, -0.2) is 0 Å². The maximum Gasteiger partial charge on any atom is -0.00550 e. The lowest BCUT2D eigenvalue weighted by molar-refractivity contribution is 0.754. The van der Waals surface area contributed by atoms with E-state index < -0.39 is 0 Å². The lowest BCUT2D eigenvalue weighted by atomic mass is 9.91. The highest BCUT2D eigenvalue weighted by Crippen LogP contribution is 2.39. The molecule has 0 N–H and O–H groups in total. The predicted octanol–water partition coefficient (Wildman–Crippen LogP) is 6.62. The third kappa shape index (κ3) is 2.59. The van der Waals surface area contributed by atoms with E-state index in [4.69, 9.17) is 0 Å². The van der Waals surface area contributed by atoms with E-state index in [0.29, 0.717) is 5.92 Å². The zero-order valence-electron chi connectivity index (χ0n) is 14.3. The maximum absolute atomic E-state index is 2.41. The Morgan fingerprint density at radius 2 is 1.33 bits per heavy atom. The Balaban J connectivity index is 1.90. The summed E-state index contributed by atoms with van der Waals surface area (Å²) in [5.41, 5.74) is 9.65. The van der Waals surface area contributed by atoms with Crippen LogP contribution >= 0.6 is 0 Å². The maximum atomic E-state index is 2.41. The van der Waals surface area contributed by atoms with E-state index in [9.17, 15) is 0 Å². The second kappa shape index (κ2) is 6.13. The molecule has 0 aromatic heterocycles. The third-order valence-corrected chi connectivity index (χ3v) is 4.96. The van der Waals surface area contributed by atoms with E-state index in [1.54, 1.807) is 0 Å². The third-order valence-electron chi connectivity index (χ3n) is 4.96. The Bertz CT molecular complexity index is 898. The molecular formula is C24H22. The number of hydrogen-bond acceptors (Lipinski definition) is 0. The van der Waals surface area contributed by atoms with Crippen LogP contribution in [0.1, 0.15) is 25.0 Å². The van der Waals surface area contributed by atoms with Crippen LogP contribution < -0.4 is 0 Å². The lowest BCUT2D eigenvalue weighted by Crippen LogP contribution is -1.93. The average molecular weight is 310 g/mol. The molecule has 0 amide bonds. The van der Waals surface area contributed by atoms with Crippen molar-refractivity contribution >= 4 is 6.08 Å². The molecule has 0 nitrogen and oxygen atoms in total. The van der Waals surface area contributed by atoms with E-state index >= 15 is 0 Å². The molecule has 0 saturated heterocycles. The van der Waals surface area contributed by atoms with Gasteiger partial charge in [0.2, 0.25) is 0 Å². The van der Waals surface area contributed by atoms with Gasteiger partial charge in [0.25, 0.3) is 0 Å². The summed E-state index contributed by atoms with van der Waals surface area (Å²) < 4.78 is 0. The van der Waals surface area contributed by atoms with Gasteiger partial charge in [0.1, 0.15) is 0 Å². The number of benzene rings is 3. The standard InChI is InChI=1S/C24H22/c1-17(2)20-15-19-11-8-14-23(24(19)16-20)22-13-7-6-12-21(22)18-9-4-3-5-10-18/h3-14,16-17H,15H2,1-2H3. The predicted molar refractivity (Wildman–Crippen MR) is 104 cm³/mol. The van der Waals surface area contributed by atoms with Gasteiger partial charge < -0.3 is 0 Å². The van der Waals surface area contributed by atoms with Crippen LogP contribution in [0, 0.1) is 5.92 Å². The molecule has 0 heterocycles. The molecule has 24 heavy (non-hydrogen) atoms. The monoisotopic (exact) mass is 310 g/mol. The highest BCUT2D eigenvalue weighted by Gasteiger charge is 2.19. The first kappa shape index (κ1) is 15.0. The Labute approximate surface area is 144 Å². The summed E-state index contributed by atoms with van der Waals surface area (Å²) in [6, 6.07) is 26.2. The van der Waals surface area contributed by atoms with Gasteiger partial charge in [0.15, 0.2) is 0 Å². The minimum atomic E-state index is 0.606. The van der Waals surface area contributed by atoms with Crippen LogP contribution in [-0.2, 0) is 6.42 Å². The van der Waals surface area contributed by atoms with Gasteiger partial charge in [-0.15, -0.1) is 0 Å². The van der Waals surface area contributed by atoms with E-state index in [2.05, 4.69) is 92.7 Å². The smallest absolute Gasteiger partial charge is 0.00550 e. The van der Waals surface area contributed by atoms with Crippen molar-refractivity contribution in [2.45, 2.75) is 20.3 Å². The fraction of sp³-hybridized carbons (Fsp3) is 0.167. The summed E-state index contributed by atoms with van der Waals surface area (Å²) in [6.07, 6.45) is 3.51. The molecule has 0 saturated carbocycles. The first-order chi connectivity index (χ1) is 11.7. The highest BCUT2D eigenvalue weighted by atomic mass is 14.2. The fourth-order valence-corrected chi connectivity index (χ4v) is 3.59.